The zero-order valence-corrected chi connectivity index (χ0v) is 15.1. The van der Waals surface area contributed by atoms with Gasteiger partial charge in [-0.15, -0.1) is 0 Å². The van der Waals surface area contributed by atoms with Gasteiger partial charge in [-0.1, -0.05) is 58.4 Å². The molecule has 2 aromatic carbocycles. The highest BCUT2D eigenvalue weighted by Gasteiger charge is 2.00. The van der Waals surface area contributed by atoms with E-state index < -0.39 is 0 Å². The molecule has 0 unspecified atom stereocenters. The van der Waals surface area contributed by atoms with Crippen molar-refractivity contribution in [1.29, 1.82) is 0 Å². The first-order chi connectivity index (χ1) is 10.6. The van der Waals surface area contributed by atoms with E-state index in [1.165, 1.54) is 17.5 Å². The van der Waals surface area contributed by atoms with Crippen molar-refractivity contribution in [2.45, 2.75) is 54.9 Å². The van der Waals surface area contributed by atoms with Crippen molar-refractivity contribution in [3.8, 4) is 0 Å². The van der Waals surface area contributed by atoms with Gasteiger partial charge in [0.05, 0.1) is 11.4 Å². The molecule has 0 fully saturated rings. The molecule has 0 heterocycles. The molecule has 0 N–H and O–H groups in total. The Labute approximate surface area is 136 Å². The highest BCUT2D eigenvalue weighted by atomic mass is 15.1. The summed E-state index contributed by atoms with van der Waals surface area (Å²) in [5.74, 6) is 0. The van der Waals surface area contributed by atoms with Crippen LogP contribution in [0.2, 0.25) is 0 Å². The molecule has 22 heavy (non-hydrogen) atoms. The molecular weight excluding hydrogens is 268 g/mol. The van der Waals surface area contributed by atoms with E-state index in [0.29, 0.717) is 0 Å². The topological polar surface area (TPSA) is 24.7 Å². The van der Waals surface area contributed by atoms with Gasteiger partial charge in [0.1, 0.15) is 0 Å². The van der Waals surface area contributed by atoms with E-state index in [1.54, 1.807) is 0 Å². The lowest BCUT2D eigenvalue weighted by Crippen LogP contribution is -1.82. The van der Waals surface area contributed by atoms with E-state index in [9.17, 15) is 0 Å². The van der Waals surface area contributed by atoms with E-state index in [1.807, 2.05) is 44.2 Å². The van der Waals surface area contributed by atoms with Crippen LogP contribution >= 0.6 is 0 Å². The summed E-state index contributed by atoms with van der Waals surface area (Å²) in [5, 5.41) is 8.54. The molecule has 0 amide bonds. The monoisotopic (exact) mass is 298 g/mol. The van der Waals surface area contributed by atoms with E-state index in [0.717, 1.165) is 16.9 Å². The second kappa shape index (κ2) is 11.7. The molecule has 2 aromatic rings. The third kappa shape index (κ3) is 7.16. The average molecular weight is 298 g/mol. The first-order valence-corrected chi connectivity index (χ1v) is 8.13. The van der Waals surface area contributed by atoms with Gasteiger partial charge < -0.3 is 0 Å². The van der Waals surface area contributed by atoms with Gasteiger partial charge in [-0.25, -0.2) is 0 Å². The molecular formula is C20H30N2. The van der Waals surface area contributed by atoms with Gasteiger partial charge in [0.2, 0.25) is 0 Å². The molecule has 0 aliphatic heterocycles. The van der Waals surface area contributed by atoms with Crippen molar-refractivity contribution in [3.05, 3.63) is 59.2 Å². The van der Waals surface area contributed by atoms with Crippen LogP contribution in [0.4, 0.5) is 11.4 Å². The van der Waals surface area contributed by atoms with Crippen molar-refractivity contribution in [2.75, 3.05) is 0 Å². The van der Waals surface area contributed by atoms with Gasteiger partial charge in [0.25, 0.3) is 0 Å². The Morgan fingerprint density at radius 1 is 0.727 bits per heavy atom. The van der Waals surface area contributed by atoms with Crippen LogP contribution in [0.5, 0.6) is 0 Å². The molecule has 0 aromatic heterocycles. The van der Waals surface area contributed by atoms with Gasteiger partial charge >= 0.3 is 0 Å². The van der Waals surface area contributed by atoms with Crippen molar-refractivity contribution in [3.63, 3.8) is 0 Å². The summed E-state index contributed by atoms with van der Waals surface area (Å²) in [6.07, 6.45) is 1.25. The van der Waals surface area contributed by atoms with Gasteiger partial charge in [-0.05, 0) is 55.7 Å². The maximum atomic E-state index is 4.30. The largest absolute Gasteiger partial charge is 0.151 e. The second-order valence-corrected chi connectivity index (χ2v) is 4.97. The maximum absolute atomic E-state index is 4.30. The molecule has 0 atom stereocenters. The first kappa shape index (κ1) is 20.0. The van der Waals surface area contributed by atoms with Crippen molar-refractivity contribution in [2.24, 2.45) is 10.2 Å². The predicted molar refractivity (Wildman–Crippen MR) is 98.6 cm³/mol. The standard InChI is InChI=1S/C15H16N2.C3H8.C2H6/c1-11-9-13(3)15(10-12(11)2)17-16-14-7-5-4-6-8-14;1-3-2;1-2/h4-10H,1-3H3;3H2,1-2H3;1-2H3. The van der Waals surface area contributed by atoms with Crippen LogP contribution in [0, 0.1) is 20.8 Å². The molecule has 0 spiro atoms. The molecule has 0 aliphatic carbocycles. The number of hydrogen-bond donors (Lipinski definition) is 0. The number of rotatable bonds is 2. The summed E-state index contributed by atoms with van der Waals surface area (Å²) in [6.45, 7) is 14.5. The predicted octanol–water partition coefficient (Wildman–Crippen LogP) is 7.47. The summed E-state index contributed by atoms with van der Waals surface area (Å²) in [4.78, 5) is 0. The fourth-order valence-electron chi connectivity index (χ4n) is 1.66. The molecule has 0 saturated carbocycles. The average Bonchev–Trinajstić information content (AvgIpc) is 2.53. The maximum Gasteiger partial charge on any atom is 0.0889 e. The van der Waals surface area contributed by atoms with E-state index in [-0.39, 0.29) is 0 Å². The lowest BCUT2D eigenvalue weighted by molar-refractivity contribution is 1.09. The van der Waals surface area contributed by atoms with Gasteiger partial charge in [-0.3, -0.25) is 0 Å². The summed E-state index contributed by atoms with van der Waals surface area (Å²) in [5.41, 5.74) is 5.52. The Morgan fingerprint density at radius 2 is 1.23 bits per heavy atom. The van der Waals surface area contributed by atoms with Crippen LogP contribution in [0.25, 0.3) is 0 Å². The Bertz CT molecular complexity index is 557. The van der Waals surface area contributed by atoms with E-state index >= 15 is 0 Å². The number of benzene rings is 2. The number of hydrogen-bond acceptors (Lipinski definition) is 2. The molecule has 0 bridgehead atoms. The minimum atomic E-state index is 0.880. The first-order valence-electron chi connectivity index (χ1n) is 8.13. The van der Waals surface area contributed by atoms with Crippen LogP contribution in [0.15, 0.2) is 52.7 Å². The van der Waals surface area contributed by atoms with Gasteiger partial charge in [0, 0.05) is 0 Å². The molecule has 120 valence electrons. The molecule has 2 heteroatoms. The van der Waals surface area contributed by atoms with Crippen molar-refractivity contribution in [1.82, 2.24) is 0 Å². The fraction of sp³-hybridized carbons (Fsp3) is 0.400. The van der Waals surface area contributed by atoms with E-state index in [2.05, 4.69) is 57.0 Å². The number of aryl methyl sites for hydroxylation is 3. The number of nitrogens with zero attached hydrogens (tertiary/aromatic N) is 2. The Morgan fingerprint density at radius 3 is 1.77 bits per heavy atom. The zero-order chi connectivity index (χ0) is 17.0. The van der Waals surface area contributed by atoms with Crippen LogP contribution < -0.4 is 0 Å². The SMILES string of the molecule is CC.CCC.Cc1cc(C)c(N=Nc2ccccc2)cc1C. The lowest BCUT2D eigenvalue weighted by atomic mass is 10.1. The summed E-state index contributed by atoms with van der Waals surface area (Å²) in [7, 11) is 0. The van der Waals surface area contributed by atoms with Gasteiger partial charge in [0.15, 0.2) is 0 Å². The van der Waals surface area contributed by atoms with Crippen LogP contribution in [0.3, 0.4) is 0 Å². The fourth-order valence-corrected chi connectivity index (χ4v) is 1.66. The quantitative estimate of drug-likeness (QED) is 0.514. The summed E-state index contributed by atoms with van der Waals surface area (Å²) >= 11 is 0. The van der Waals surface area contributed by atoms with Crippen molar-refractivity contribution < 1.29 is 0 Å². The Hall–Kier alpha value is -1.96. The van der Waals surface area contributed by atoms with Crippen molar-refractivity contribution >= 4 is 11.4 Å². The lowest BCUT2D eigenvalue weighted by Gasteiger charge is -2.04. The number of azo groups is 1. The molecule has 2 rings (SSSR count). The third-order valence-corrected chi connectivity index (χ3v) is 2.84. The van der Waals surface area contributed by atoms with Gasteiger partial charge in [-0.2, -0.15) is 10.2 Å². The Kier molecular flexibility index (Phi) is 10.6. The van der Waals surface area contributed by atoms with E-state index in [4.69, 9.17) is 0 Å². The highest BCUT2D eigenvalue weighted by Crippen LogP contribution is 2.24. The smallest absolute Gasteiger partial charge is 0.0889 e. The summed E-state index contributed by atoms with van der Waals surface area (Å²) < 4.78 is 0. The zero-order valence-electron chi connectivity index (χ0n) is 15.1. The Balaban J connectivity index is 0.000000789. The third-order valence-electron chi connectivity index (χ3n) is 2.84. The molecule has 0 aliphatic rings. The van der Waals surface area contributed by atoms with Crippen LogP contribution in [0.1, 0.15) is 50.8 Å². The molecule has 0 saturated heterocycles. The minimum absolute atomic E-state index is 0.880. The van der Waals surface area contributed by atoms with Crippen LogP contribution in [-0.2, 0) is 0 Å². The minimum Gasteiger partial charge on any atom is -0.151 e. The normalized spacial score (nSPS) is 9.59. The highest BCUT2D eigenvalue weighted by molar-refractivity contribution is 5.50. The summed E-state index contributed by atoms with van der Waals surface area (Å²) in [6, 6.07) is 14.0. The molecule has 0 radical (unpaired) electrons. The van der Waals surface area contributed by atoms with Crippen LogP contribution in [-0.4, -0.2) is 0 Å². The molecule has 2 nitrogen and oxygen atoms in total. The second-order valence-electron chi connectivity index (χ2n) is 4.97.